The fourth-order valence-corrected chi connectivity index (χ4v) is 5.29. The molecule has 6 nitrogen and oxygen atoms in total. The minimum atomic E-state index is 0.560. The van der Waals surface area contributed by atoms with Crippen molar-refractivity contribution in [1.29, 1.82) is 0 Å². The van der Waals surface area contributed by atoms with Crippen LogP contribution in [0.2, 0.25) is 0 Å². The summed E-state index contributed by atoms with van der Waals surface area (Å²) in [5, 5.41) is 8.46. The minimum Gasteiger partial charge on any atom is -0.497 e. The van der Waals surface area contributed by atoms with E-state index in [1.165, 1.54) is 25.1 Å². The van der Waals surface area contributed by atoms with Crippen LogP contribution in [0.1, 0.15) is 30.1 Å². The zero-order chi connectivity index (χ0) is 21.2. The maximum Gasteiger partial charge on any atom is 0.118 e. The van der Waals surface area contributed by atoms with Gasteiger partial charge in [0.25, 0.3) is 0 Å². The van der Waals surface area contributed by atoms with Gasteiger partial charge in [-0.15, -0.1) is 0 Å². The maximum absolute atomic E-state index is 5.29. The van der Waals surface area contributed by atoms with Gasteiger partial charge in [0, 0.05) is 56.1 Å². The molecule has 3 aromatic rings. The number of nitrogens with one attached hydrogen (secondary N) is 1. The van der Waals surface area contributed by atoms with Crippen LogP contribution in [0, 0.1) is 5.92 Å². The fraction of sp³-hybridized carbons (Fsp3) is 0.440. The van der Waals surface area contributed by atoms with Crippen molar-refractivity contribution in [3.05, 3.63) is 66.1 Å². The Bertz CT molecular complexity index is 1000. The SMILES string of the molecule is COc1ccc(-c2cc([C@@H]3CN4CC[C@H]3C[C@@H]4CNCc3ccccn3)n(C)n2)cc1. The Balaban J connectivity index is 1.24. The molecule has 1 unspecified atom stereocenters. The second-order valence-electron chi connectivity index (χ2n) is 8.80. The van der Waals surface area contributed by atoms with E-state index in [-0.39, 0.29) is 0 Å². The van der Waals surface area contributed by atoms with Crippen molar-refractivity contribution in [3.63, 3.8) is 0 Å². The van der Waals surface area contributed by atoms with E-state index >= 15 is 0 Å². The third-order valence-electron chi connectivity index (χ3n) is 6.97. The number of hydrogen-bond acceptors (Lipinski definition) is 5. The number of aryl methyl sites for hydroxylation is 1. The molecule has 4 atom stereocenters. The molecule has 0 saturated carbocycles. The van der Waals surface area contributed by atoms with Gasteiger partial charge >= 0.3 is 0 Å². The number of pyridine rings is 1. The first-order chi connectivity index (χ1) is 15.2. The smallest absolute Gasteiger partial charge is 0.118 e. The summed E-state index contributed by atoms with van der Waals surface area (Å²) < 4.78 is 7.38. The minimum absolute atomic E-state index is 0.560. The number of nitrogens with zero attached hydrogens (tertiary/aromatic N) is 4. The molecule has 3 aliphatic heterocycles. The highest BCUT2D eigenvalue weighted by Gasteiger charge is 2.41. The molecule has 3 saturated heterocycles. The number of methoxy groups -OCH3 is 1. The highest BCUT2D eigenvalue weighted by molar-refractivity contribution is 5.60. The van der Waals surface area contributed by atoms with E-state index in [4.69, 9.17) is 9.84 Å². The first-order valence-corrected chi connectivity index (χ1v) is 11.2. The molecule has 0 spiro atoms. The average Bonchev–Trinajstić information content (AvgIpc) is 3.21. The van der Waals surface area contributed by atoms with Crippen LogP contribution in [0.15, 0.2) is 54.7 Å². The van der Waals surface area contributed by atoms with Crippen LogP contribution < -0.4 is 10.1 Å². The van der Waals surface area contributed by atoms with E-state index < -0.39 is 0 Å². The van der Waals surface area contributed by atoms with Gasteiger partial charge in [0.2, 0.25) is 0 Å². The quantitative estimate of drug-likeness (QED) is 0.638. The summed E-state index contributed by atoms with van der Waals surface area (Å²) in [6.07, 6.45) is 4.40. The highest BCUT2D eigenvalue weighted by Crippen LogP contribution is 2.42. The molecule has 1 aromatic carbocycles. The standard InChI is InChI=1S/C25H31N5O/c1-29-25(14-24(28-29)18-6-8-22(31-2)9-7-18)23-17-30-12-10-19(23)13-21(30)16-26-15-20-5-3-4-11-27-20/h3-9,11,14,19,21,23,26H,10,12-13,15-17H2,1-2H3/t19-,21+,23+/m0/s1. The topological polar surface area (TPSA) is 55.2 Å². The fourth-order valence-electron chi connectivity index (χ4n) is 5.29. The largest absolute Gasteiger partial charge is 0.497 e. The number of ether oxygens (including phenoxy) is 1. The Morgan fingerprint density at radius 3 is 2.74 bits per heavy atom. The van der Waals surface area contributed by atoms with Crippen molar-refractivity contribution in [2.45, 2.75) is 31.3 Å². The van der Waals surface area contributed by atoms with Crippen LogP contribution in [0.5, 0.6) is 5.75 Å². The van der Waals surface area contributed by atoms with E-state index in [0.29, 0.717) is 12.0 Å². The Morgan fingerprint density at radius 2 is 2.03 bits per heavy atom. The van der Waals surface area contributed by atoms with Crippen LogP contribution in [0.25, 0.3) is 11.3 Å². The third-order valence-corrected chi connectivity index (χ3v) is 6.97. The number of benzene rings is 1. The molecular weight excluding hydrogens is 386 g/mol. The van der Waals surface area contributed by atoms with Crippen molar-refractivity contribution in [1.82, 2.24) is 25.0 Å². The molecule has 6 rings (SSSR count). The van der Waals surface area contributed by atoms with Crippen LogP contribution >= 0.6 is 0 Å². The van der Waals surface area contributed by atoms with Gasteiger partial charge in [0.15, 0.2) is 0 Å². The van der Waals surface area contributed by atoms with E-state index in [9.17, 15) is 0 Å². The predicted octanol–water partition coefficient (Wildman–Crippen LogP) is 3.46. The zero-order valence-electron chi connectivity index (χ0n) is 18.4. The lowest BCUT2D eigenvalue weighted by Gasteiger charge is -2.50. The van der Waals surface area contributed by atoms with Gasteiger partial charge in [-0.25, -0.2) is 0 Å². The molecule has 31 heavy (non-hydrogen) atoms. The Hall–Kier alpha value is -2.70. The van der Waals surface area contributed by atoms with Gasteiger partial charge in [-0.1, -0.05) is 6.07 Å². The monoisotopic (exact) mass is 417 g/mol. The molecular formula is C25H31N5O. The second-order valence-corrected chi connectivity index (χ2v) is 8.80. The molecule has 6 heteroatoms. The molecule has 2 aromatic heterocycles. The lowest BCUT2D eigenvalue weighted by atomic mass is 9.74. The summed E-state index contributed by atoms with van der Waals surface area (Å²) in [6, 6.07) is 17.2. The van der Waals surface area contributed by atoms with Crippen LogP contribution in [0.3, 0.4) is 0 Å². The zero-order valence-corrected chi connectivity index (χ0v) is 18.4. The lowest BCUT2D eigenvalue weighted by molar-refractivity contribution is 0.0281. The van der Waals surface area contributed by atoms with Crippen molar-refractivity contribution < 1.29 is 4.74 Å². The first kappa shape index (κ1) is 20.2. The molecule has 2 bridgehead atoms. The van der Waals surface area contributed by atoms with Gasteiger partial charge in [-0.05, 0) is 67.8 Å². The molecule has 3 aliphatic rings. The summed E-state index contributed by atoms with van der Waals surface area (Å²) in [4.78, 5) is 7.09. The van der Waals surface area contributed by atoms with E-state index in [2.05, 4.69) is 57.3 Å². The number of piperidine rings is 3. The number of fused-ring (bicyclic) bond motifs is 3. The first-order valence-electron chi connectivity index (χ1n) is 11.2. The number of aromatic nitrogens is 3. The third kappa shape index (κ3) is 4.23. The van der Waals surface area contributed by atoms with Crippen molar-refractivity contribution >= 4 is 0 Å². The van der Waals surface area contributed by atoms with Gasteiger partial charge in [0.1, 0.15) is 5.75 Å². The molecule has 0 radical (unpaired) electrons. The molecule has 1 N–H and O–H groups in total. The summed E-state index contributed by atoms with van der Waals surface area (Å²) in [5.41, 5.74) is 4.66. The van der Waals surface area contributed by atoms with Crippen LogP contribution in [-0.2, 0) is 13.6 Å². The van der Waals surface area contributed by atoms with Crippen molar-refractivity contribution in [2.75, 3.05) is 26.7 Å². The maximum atomic E-state index is 5.29. The average molecular weight is 418 g/mol. The second kappa shape index (κ2) is 8.81. The molecule has 5 heterocycles. The van der Waals surface area contributed by atoms with Gasteiger partial charge in [-0.2, -0.15) is 5.10 Å². The number of hydrogen-bond donors (Lipinski definition) is 1. The Labute approximate surface area is 184 Å². The number of rotatable bonds is 7. The van der Waals surface area contributed by atoms with Crippen molar-refractivity contribution in [2.24, 2.45) is 13.0 Å². The summed E-state index contributed by atoms with van der Waals surface area (Å²) in [5.74, 6) is 2.16. The Kier molecular flexibility index (Phi) is 5.74. The lowest BCUT2D eigenvalue weighted by Crippen LogP contribution is -2.55. The van der Waals surface area contributed by atoms with E-state index in [1.54, 1.807) is 7.11 Å². The molecule has 3 fully saturated rings. The summed E-state index contributed by atoms with van der Waals surface area (Å²) >= 11 is 0. The van der Waals surface area contributed by atoms with Crippen molar-refractivity contribution in [3.8, 4) is 17.0 Å². The highest BCUT2D eigenvalue weighted by atomic mass is 16.5. The normalized spacial score (nSPS) is 25.0. The van der Waals surface area contributed by atoms with Gasteiger partial charge in [-0.3, -0.25) is 14.6 Å². The van der Waals surface area contributed by atoms with Crippen LogP contribution in [-0.4, -0.2) is 52.5 Å². The molecule has 162 valence electrons. The predicted molar refractivity (Wildman–Crippen MR) is 122 cm³/mol. The van der Waals surface area contributed by atoms with Crippen LogP contribution in [0.4, 0.5) is 0 Å². The summed E-state index contributed by atoms with van der Waals surface area (Å²) in [6.45, 7) is 4.21. The molecule has 0 aliphatic carbocycles. The van der Waals surface area contributed by atoms with E-state index in [0.717, 1.165) is 48.3 Å². The van der Waals surface area contributed by atoms with Gasteiger partial charge in [0.05, 0.1) is 18.5 Å². The summed E-state index contributed by atoms with van der Waals surface area (Å²) in [7, 11) is 3.79. The Morgan fingerprint density at radius 1 is 1.16 bits per heavy atom. The van der Waals surface area contributed by atoms with E-state index in [1.807, 2.05) is 24.4 Å². The molecule has 0 amide bonds. The van der Waals surface area contributed by atoms with Gasteiger partial charge < -0.3 is 10.1 Å².